The SMILES string of the molecule is CCCn1c(SCc2cccc(C(F)(F)F)c2)nnc1-c1csc2ccccc12. The van der Waals surface area contributed by atoms with Crippen LogP contribution in [0.2, 0.25) is 0 Å². The molecule has 0 aliphatic rings. The summed E-state index contributed by atoms with van der Waals surface area (Å²) in [6.45, 7) is 2.83. The van der Waals surface area contributed by atoms with E-state index in [4.69, 9.17) is 0 Å². The van der Waals surface area contributed by atoms with Crippen LogP contribution >= 0.6 is 23.1 Å². The summed E-state index contributed by atoms with van der Waals surface area (Å²) in [7, 11) is 0. The summed E-state index contributed by atoms with van der Waals surface area (Å²) in [5.74, 6) is 1.20. The summed E-state index contributed by atoms with van der Waals surface area (Å²) in [6, 6.07) is 13.6. The molecule has 2 aromatic carbocycles. The molecule has 0 fully saturated rings. The van der Waals surface area contributed by atoms with E-state index in [0.29, 0.717) is 11.3 Å². The van der Waals surface area contributed by atoms with Crippen LogP contribution in [0, 0.1) is 0 Å². The molecule has 0 saturated carbocycles. The fourth-order valence-electron chi connectivity index (χ4n) is 3.16. The largest absolute Gasteiger partial charge is 0.416 e. The first-order valence-electron chi connectivity index (χ1n) is 9.16. The lowest BCUT2D eigenvalue weighted by molar-refractivity contribution is -0.137. The van der Waals surface area contributed by atoms with E-state index in [2.05, 4.69) is 39.2 Å². The first-order valence-corrected chi connectivity index (χ1v) is 11.0. The van der Waals surface area contributed by atoms with Crippen molar-refractivity contribution in [1.29, 1.82) is 0 Å². The molecule has 4 aromatic rings. The summed E-state index contributed by atoms with van der Waals surface area (Å²) in [4.78, 5) is 0. The van der Waals surface area contributed by atoms with E-state index in [9.17, 15) is 13.2 Å². The molecule has 0 N–H and O–H groups in total. The lowest BCUT2D eigenvalue weighted by Crippen LogP contribution is -2.05. The fraction of sp³-hybridized carbons (Fsp3) is 0.238. The molecule has 0 unspecified atom stereocenters. The third kappa shape index (κ3) is 4.18. The molecule has 0 amide bonds. The highest BCUT2D eigenvalue weighted by Gasteiger charge is 2.30. The summed E-state index contributed by atoms with van der Waals surface area (Å²) in [6.07, 6.45) is -3.43. The first-order chi connectivity index (χ1) is 14.0. The normalized spacial score (nSPS) is 12.0. The van der Waals surface area contributed by atoms with Crippen LogP contribution in [0.25, 0.3) is 21.5 Å². The Hall–Kier alpha value is -2.32. The molecule has 0 bridgehead atoms. The third-order valence-corrected chi connectivity index (χ3v) is 6.51. The van der Waals surface area contributed by atoms with Gasteiger partial charge in [-0.15, -0.1) is 21.5 Å². The number of hydrogen-bond donors (Lipinski definition) is 0. The molecule has 2 aromatic heterocycles. The van der Waals surface area contributed by atoms with Crippen LogP contribution in [0.5, 0.6) is 0 Å². The Balaban J connectivity index is 1.62. The second-order valence-corrected chi connectivity index (χ2v) is 8.44. The molecule has 0 atom stereocenters. The number of alkyl halides is 3. The van der Waals surface area contributed by atoms with Gasteiger partial charge in [-0.1, -0.05) is 55.1 Å². The number of hydrogen-bond acceptors (Lipinski definition) is 4. The van der Waals surface area contributed by atoms with E-state index in [1.165, 1.54) is 28.6 Å². The van der Waals surface area contributed by atoms with Crippen LogP contribution in [-0.2, 0) is 18.5 Å². The Morgan fingerprint density at radius 2 is 1.90 bits per heavy atom. The molecule has 0 radical (unpaired) electrons. The van der Waals surface area contributed by atoms with Crippen LogP contribution < -0.4 is 0 Å². The lowest BCUT2D eigenvalue weighted by Gasteiger charge is -2.10. The van der Waals surface area contributed by atoms with Crippen molar-refractivity contribution < 1.29 is 13.2 Å². The van der Waals surface area contributed by atoms with E-state index in [0.717, 1.165) is 41.0 Å². The second-order valence-electron chi connectivity index (χ2n) is 6.59. The van der Waals surface area contributed by atoms with Gasteiger partial charge >= 0.3 is 6.18 Å². The molecule has 0 saturated heterocycles. The fourth-order valence-corrected chi connectivity index (χ4v) is 5.00. The van der Waals surface area contributed by atoms with E-state index in [1.54, 1.807) is 17.4 Å². The zero-order valence-corrected chi connectivity index (χ0v) is 17.2. The molecular formula is C21H18F3N3S2. The van der Waals surface area contributed by atoms with Crippen molar-refractivity contribution in [2.75, 3.05) is 0 Å². The zero-order valence-electron chi connectivity index (χ0n) is 15.6. The Kier molecular flexibility index (Phi) is 5.65. The van der Waals surface area contributed by atoms with Crippen LogP contribution in [-0.4, -0.2) is 14.8 Å². The topological polar surface area (TPSA) is 30.7 Å². The highest BCUT2D eigenvalue weighted by atomic mass is 32.2. The number of thiophene rings is 1. The first kappa shape index (κ1) is 20.0. The van der Waals surface area contributed by atoms with Crippen molar-refractivity contribution in [2.24, 2.45) is 0 Å². The lowest BCUT2D eigenvalue weighted by atomic mass is 10.1. The summed E-state index contributed by atoms with van der Waals surface area (Å²) >= 11 is 3.07. The molecule has 2 heterocycles. The van der Waals surface area contributed by atoms with Crippen molar-refractivity contribution in [2.45, 2.75) is 37.0 Å². The van der Waals surface area contributed by atoms with Crippen LogP contribution in [0.4, 0.5) is 13.2 Å². The molecule has 150 valence electrons. The number of halogens is 3. The average Bonchev–Trinajstić information content (AvgIpc) is 3.30. The predicted molar refractivity (Wildman–Crippen MR) is 112 cm³/mol. The monoisotopic (exact) mass is 433 g/mol. The van der Waals surface area contributed by atoms with E-state index < -0.39 is 11.7 Å². The van der Waals surface area contributed by atoms with Crippen molar-refractivity contribution in [3.05, 3.63) is 65.0 Å². The zero-order chi connectivity index (χ0) is 20.4. The minimum Gasteiger partial charge on any atom is -0.302 e. The average molecular weight is 434 g/mol. The number of benzene rings is 2. The Morgan fingerprint density at radius 1 is 1.07 bits per heavy atom. The minimum atomic E-state index is -4.34. The second kappa shape index (κ2) is 8.20. The van der Waals surface area contributed by atoms with Gasteiger partial charge in [-0.2, -0.15) is 13.2 Å². The summed E-state index contributed by atoms with van der Waals surface area (Å²) in [5, 5.41) is 12.7. The maximum absolute atomic E-state index is 13.0. The summed E-state index contributed by atoms with van der Waals surface area (Å²) in [5.41, 5.74) is 1.02. The highest BCUT2D eigenvalue weighted by molar-refractivity contribution is 7.98. The number of rotatable bonds is 6. The number of thioether (sulfide) groups is 1. The number of aromatic nitrogens is 3. The van der Waals surface area contributed by atoms with Crippen molar-refractivity contribution in [1.82, 2.24) is 14.8 Å². The van der Waals surface area contributed by atoms with Gasteiger partial charge in [-0.05, 0) is 24.1 Å². The molecule has 0 spiro atoms. The predicted octanol–water partition coefficient (Wildman–Crippen LogP) is 6.88. The van der Waals surface area contributed by atoms with Crippen molar-refractivity contribution >= 4 is 33.2 Å². The van der Waals surface area contributed by atoms with Crippen molar-refractivity contribution in [3.63, 3.8) is 0 Å². The van der Waals surface area contributed by atoms with Gasteiger partial charge in [0.1, 0.15) is 0 Å². The summed E-state index contributed by atoms with van der Waals surface area (Å²) < 4.78 is 42.1. The molecule has 0 aliphatic carbocycles. The van der Waals surface area contributed by atoms with Crippen molar-refractivity contribution in [3.8, 4) is 11.4 Å². The van der Waals surface area contributed by atoms with Gasteiger partial charge in [0.15, 0.2) is 11.0 Å². The van der Waals surface area contributed by atoms with Gasteiger partial charge in [-0.25, -0.2) is 0 Å². The molecule has 8 heteroatoms. The van der Waals surface area contributed by atoms with Gasteiger partial charge in [0.2, 0.25) is 0 Å². The maximum Gasteiger partial charge on any atom is 0.416 e. The number of nitrogens with zero attached hydrogens (tertiary/aromatic N) is 3. The quantitative estimate of drug-likeness (QED) is 0.311. The van der Waals surface area contributed by atoms with Gasteiger partial charge in [0.25, 0.3) is 0 Å². The van der Waals surface area contributed by atoms with Gasteiger partial charge < -0.3 is 4.57 Å². The maximum atomic E-state index is 13.0. The molecule has 3 nitrogen and oxygen atoms in total. The Labute approximate surface area is 174 Å². The van der Waals surface area contributed by atoms with Crippen LogP contribution in [0.3, 0.4) is 0 Å². The van der Waals surface area contributed by atoms with E-state index in [-0.39, 0.29) is 0 Å². The van der Waals surface area contributed by atoms with Gasteiger partial charge in [0.05, 0.1) is 5.56 Å². The molecule has 4 rings (SSSR count). The Bertz CT molecular complexity index is 1130. The highest BCUT2D eigenvalue weighted by Crippen LogP contribution is 2.35. The van der Waals surface area contributed by atoms with Crippen LogP contribution in [0.1, 0.15) is 24.5 Å². The van der Waals surface area contributed by atoms with Crippen LogP contribution in [0.15, 0.2) is 59.1 Å². The smallest absolute Gasteiger partial charge is 0.302 e. The van der Waals surface area contributed by atoms with Gasteiger partial charge in [0, 0.05) is 33.3 Å². The van der Waals surface area contributed by atoms with E-state index in [1.807, 2.05) is 12.1 Å². The van der Waals surface area contributed by atoms with Gasteiger partial charge in [-0.3, -0.25) is 0 Å². The molecule has 0 aliphatic heterocycles. The minimum absolute atomic E-state index is 0.399. The van der Waals surface area contributed by atoms with E-state index >= 15 is 0 Å². The Morgan fingerprint density at radius 3 is 2.69 bits per heavy atom. The molecule has 29 heavy (non-hydrogen) atoms. The standard InChI is InChI=1S/C21H18F3N3S2/c1-2-10-27-19(17-13-28-18-9-4-3-8-16(17)18)25-26-20(27)29-12-14-6-5-7-15(11-14)21(22,23)24/h3-9,11,13H,2,10,12H2,1H3. The number of fused-ring (bicyclic) bond motifs is 1. The molecular weight excluding hydrogens is 415 g/mol. The third-order valence-electron chi connectivity index (χ3n) is 4.51.